The fourth-order valence-electron chi connectivity index (χ4n) is 3.27. The molecule has 17 heavy (non-hydrogen) atoms. The molecule has 2 saturated carbocycles. The first-order valence-electron chi connectivity index (χ1n) is 6.15. The molecule has 3 unspecified atom stereocenters. The summed E-state index contributed by atoms with van der Waals surface area (Å²) in [6, 6.07) is 3.71. The topological polar surface area (TPSA) is 42.0 Å². The maximum Gasteiger partial charge on any atom is 0.227 e. The van der Waals surface area contributed by atoms with E-state index in [2.05, 4.69) is 26.2 Å². The zero-order valence-electron chi connectivity index (χ0n) is 9.53. The molecule has 0 spiro atoms. The third-order valence-corrected chi connectivity index (χ3v) is 4.72. The Morgan fingerprint density at radius 2 is 2.29 bits per heavy atom. The highest BCUT2D eigenvalue weighted by Crippen LogP contribution is 2.48. The molecule has 1 heterocycles. The van der Waals surface area contributed by atoms with Gasteiger partial charge in [0.15, 0.2) is 0 Å². The molecular formula is C13H15BrN2O. The van der Waals surface area contributed by atoms with E-state index in [1.807, 2.05) is 12.1 Å². The third-order valence-electron chi connectivity index (χ3n) is 4.09. The molecule has 2 bridgehead atoms. The Morgan fingerprint density at radius 1 is 1.41 bits per heavy atom. The number of aromatic nitrogens is 1. The van der Waals surface area contributed by atoms with Crippen LogP contribution >= 0.6 is 15.9 Å². The van der Waals surface area contributed by atoms with Gasteiger partial charge >= 0.3 is 0 Å². The molecule has 4 heteroatoms. The van der Waals surface area contributed by atoms with E-state index >= 15 is 0 Å². The first-order chi connectivity index (χ1) is 8.24. The number of amides is 1. The minimum Gasteiger partial charge on any atom is -0.324 e. The van der Waals surface area contributed by atoms with Crippen molar-refractivity contribution in [3.05, 3.63) is 22.9 Å². The van der Waals surface area contributed by atoms with Crippen molar-refractivity contribution in [1.29, 1.82) is 0 Å². The van der Waals surface area contributed by atoms with Crippen LogP contribution in [0.15, 0.2) is 22.9 Å². The summed E-state index contributed by atoms with van der Waals surface area (Å²) in [5.74, 6) is 1.82. The normalized spacial score (nSPS) is 30.5. The lowest BCUT2D eigenvalue weighted by molar-refractivity contribution is -0.121. The van der Waals surface area contributed by atoms with E-state index in [1.165, 1.54) is 19.3 Å². The van der Waals surface area contributed by atoms with Crippen LogP contribution in [0.4, 0.5) is 5.69 Å². The van der Waals surface area contributed by atoms with Crippen LogP contribution in [0.2, 0.25) is 0 Å². The predicted octanol–water partition coefficient (Wildman–Crippen LogP) is 3.22. The van der Waals surface area contributed by atoms with Gasteiger partial charge in [0, 0.05) is 12.1 Å². The van der Waals surface area contributed by atoms with Gasteiger partial charge in [0.05, 0.1) is 5.69 Å². The number of pyridine rings is 1. The maximum absolute atomic E-state index is 12.2. The fraction of sp³-hybridized carbons (Fsp3) is 0.538. The Kier molecular flexibility index (Phi) is 2.90. The Hall–Kier alpha value is -0.900. The zero-order valence-corrected chi connectivity index (χ0v) is 11.1. The number of anilines is 1. The van der Waals surface area contributed by atoms with Crippen LogP contribution in [0.1, 0.15) is 25.7 Å². The van der Waals surface area contributed by atoms with Gasteiger partial charge in [0.25, 0.3) is 0 Å². The lowest BCUT2D eigenvalue weighted by atomic mass is 9.88. The molecule has 2 aliphatic carbocycles. The van der Waals surface area contributed by atoms with Gasteiger partial charge < -0.3 is 5.32 Å². The predicted molar refractivity (Wildman–Crippen MR) is 69.5 cm³/mol. The van der Waals surface area contributed by atoms with Crippen LogP contribution in [0.5, 0.6) is 0 Å². The molecule has 0 radical (unpaired) electrons. The second-order valence-corrected chi connectivity index (χ2v) is 5.86. The quantitative estimate of drug-likeness (QED) is 0.851. The van der Waals surface area contributed by atoms with Crippen LogP contribution in [0, 0.1) is 17.8 Å². The molecule has 1 amide bonds. The van der Waals surface area contributed by atoms with Crippen LogP contribution < -0.4 is 5.32 Å². The smallest absolute Gasteiger partial charge is 0.227 e. The summed E-state index contributed by atoms with van der Waals surface area (Å²) in [7, 11) is 0. The van der Waals surface area contributed by atoms with Crippen LogP contribution in [0.25, 0.3) is 0 Å². The SMILES string of the molecule is O=C(Nc1cccnc1Br)C1CC2CCC1C2. The molecule has 2 aliphatic rings. The Labute approximate surface area is 109 Å². The molecule has 0 aromatic carbocycles. The van der Waals surface area contributed by atoms with Gasteiger partial charge in [-0.15, -0.1) is 0 Å². The summed E-state index contributed by atoms with van der Waals surface area (Å²) in [4.78, 5) is 16.3. The van der Waals surface area contributed by atoms with Gasteiger partial charge in [-0.1, -0.05) is 6.42 Å². The molecule has 0 aliphatic heterocycles. The van der Waals surface area contributed by atoms with Crippen LogP contribution in [-0.2, 0) is 4.79 Å². The van der Waals surface area contributed by atoms with Gasteiger partial charge in [-0.3, -0.25) is 4.79 Å². The van der Waals surface area contributed by atoms with Crippen LogP contribution in [0.3, 0.4) is 0 Å². The third kappa shape index (κ3) is 2.10. The summed E-state index contributed by atoms with van der Waals surface area (Å²) < 4.78 is 0.705. The van der Waals surface area contributed by atoms with Gasteiger partial charge in [0.1, 0.15) is 4.60 Å². The van der Waals surface area contributed by atoms with Gasteiger partial charge in [-0.05, 0) is 59.2 Å². The first-order valence-corrected chi connectivity index (χ1v) is 6.94. The average molecular weight is 295 g/mol. The second kappa shape index (κ2) is 4.41. The van der Waals surface area contributed by atoms with Crippen molar-refractivity contribution in [1.82, 2.24) is 4.98 Å². The number of carbonyl (C=O) groups is 1. The lowest BCUT2D eigenvalue weighted by Crippen LogP contribution is -2.27. The van der Waals surface area contributed by atoms with Crippen molar-refractivity contribution in [2.45, 2.75) is 25.7 Å². The second-order valence-electron chi connectivity index (χ2n) is 5.11. The number of hydrogen-bond acceptors (Lipinski definition) is 2. The molecule has 2 fully saturated rings. The summed E-state index contributed by atoms with van der Waals surface area (Å²) in [5, 5.41) is 2.99. The Balaban J connectivity index is 1.70. The molecule has 3 atom stereocenters. The van der Waals surface area contributed by atoms with E-state index in [0.717, 1.165) is 18.0 Å². The van der Waals surface area contributed by atoms with E-state index < -0.39 is 0 Å². The summed E-state index contributed by atoms with van der Waals surface area (Å²) in [6.07, 6.45) is 6.60. The van der Waals surface area contributed by atoms with Crippen molar-refractivity contribution in [2.75, 3.05) is 5.32 Å². The highest BCUT2D eigenvalue weighted by atomic mass is 79.9. The Morgan fingerprint density at radius 3 is 2.94 bits per heavy atom. The molecule has 1 aromatic rings. The van der Waals surface area contributed by atoms with Crippen molar-refractivity contribution in [2.24, 2.45) is 17.8 Å². The zero-order chi connectivity index (χ0) is 11.8. The molecule has 3 nitrogen and oxygen atoms in total. The molecule has 3 rings (SSSR count). The highest BCUT2D eigenvalue weighted by molar-refractivity contribution is 9.10. The molecule has 1 N–H and O–H groups in total. The lowest BCUT2D eigenvalue weighted by Gasteiger charge is -2.20. The average Bonchev–Trinajstić information content (AvgIpc) is 2.94. The number of nitrogens with one attached hydrogen (secondary N) is 1. The monoisotopic (exact) mass is 294 g/mol. The van der Waals surface area contributed by atoms with Crippen LogP contribution in [-0.4, -0.2) is 10.9 Å². The van der Waals surface area contributed by atoms with Crippen molar-refractivity contribution in [3.8, 4) is 0 Å². The summed E-state index contributed by atoms with van der Waals surface area (Å²) in [5.41, 5.74) is 0.778. The minimum absolute atomic E-state index is 0.172. The maximum atomic E-state index is 12.2. The van der Waals surface area contributed by atoms with E-state index in [9.17, 15) is 4.79 Å². The molecule has 1 aromatic heterocycles. The van der Waals surface area contributed by atoms with Gasteiger partial charge in [-0.25, -0.2) is 4.98 Å². The number of fused-ring (bicyclic) bond motifs is 2. The van der Waals surface area contributed by atoms with Crippen molar-refractivity contribution in [3.63, 3.8) is 0 Å². The van der Waals surface area contributed by atoms with E-state index in [4.69, 9.17) is 0 Å². The number of hydrogen-bond donors (Lipinski definition) is 1. The highest BCUT2D eigenvalue weighted by Gasteiger charge is 2.43. The molecule has 90 valence electrons. The number of halogens is 1. The minimum atomic E-state index is 0.172. The van der Waals surface area contributed by atoms with E-state index in [0.29, 0.717) is 10.5 Å². The van der Waals surface area contributed by atoms with E-state index in [1.54, 1.807) is 6.20 Å². The van der Waals surface area contributed by atoms with E-state index in [-0.39, 0.29) is 11.8 Å². The van der Waals surface area contributed by atoms with Crippen molar-refractivity contribution >= 4 is 27.5 Å². The largest absolute Gasteiger partial charge is 0.324 e. The number of carbonyl (C=O) groups excluding carboxylic acids is 1. The van der Waals surface area contributed by atoms with Crippen molar-refractivity contribution < 1.29 is 4.79 Å². The Bertz CT molecular complexity index is 449. The molecule has 0 saturated heterocycles. The number of rotatable bonds is 2. The molecular weight excluding hydrogens is 280 g/mol. The standard InChI is InChI=1S/C13H15BrN2O/c14-12-11(2-1-5-15-12)16-13(17)10-7-8-3-4-9(10)6-8/h1-2,5,8-10H,3-4,6-7H2,(H,16,17). The van der Waals surface area contributed by atoms with Gasteiger partial charge in [-0.2, -0.15) is 0 Å². The fourth-order valence-corrected chi connectivity index (χ4v) is 3.62. The van der Waals surface area contributed by atoms with Gasteiger partial charge in [0.2, 0.25) is 5.91 Å². The summed E-state index contributed by atoms with van der Waals surface area (Å²) in [6.45, 7) is 0. The summed E-state index contributed by atoms with van der Waals surface area (Å²) >= 11 is 3.35. The number of nitrogens with zero attached hydrogens (tertiary/aromatic N) is 1. The first kappa shape index (κ1) is 11.2.